The molecule has 1 heterocycles. The van der Waals surface area contributed by atoms with Gasteiger partial charge in [0.25, 0.3) is 10.0 Å². The number of halogens is 1. The van der Waals surface area contributed by atoms with Crippen molar-refractivity contribution in [1.82, 2.24) is 4.31 Å². The zero-order chi connectivity index (χ0) is 17.9. The molecule has 0 atom stereocenters. The number of amidine groups is 1. The van der Waals surface area contributed by atoms with Crippen molar-refractivity contribution in [2.24, 2.45) is 4.99 Å². The molecule has 2 aromatic rings. The molecule has 1 aliphatic rings. The summed E-state index contributed by atoms with van der Waals surface area (Å²) in [6, 6.07) is 14.4. The van der Waals surface area contributed by atoms with Crippen LogP contribution in [0, 0.1) is 0 Å². The summed E-state index contributed by atoms with van der Waals surface area (Å²) in [6.45, 7) is 0.856. The van der Waals surface area contributed by atoms with E-state index < -0.39 is 10.0 Å². The Morgan fingerprint density at radius 1 is 1.16 bits per heavy atom. The van der Waals surface area contributed by atoms with Crippen LogP contribution in [0.1, 0.15) is 5.56 Å². The van der Waals surface area contributed by atoms with Gasteiger partial charge in [-0.1, -0.05) is 39.8 Å². The molecule has 0 bridgehead atoms. The van der Waals surface area contributed by atoms with Crippen molar-refractivity contribution in [2.75, 3.05) is 20.2 Å². The first-order chi connectivity index (χ1) is 12.0. The van der Waals surface area contributed by atoms with Crippen LogP contribution in [0.5, 0.6) is 5.75 Å². The zero-order valence-electron chi connectivity index (χ0n) is 13.6. The lowest BCUT2D eigenvalue weighted by atomic mass is 10.2. The van der Waals surface area contributed by atoms with Crippen molar-refractivity contribution in [2.45, 2.75) is 10.6 Å². The van der Waals surface area contributed by atoms with Crippen molar-refractivity contribution in [1.29, 1.82) is 0 Å². The molecule has 0 aliphatic carbocycles. The molecule has 0 saturated carbocycles. The standard InChI is InChI=1S/C17H17BrN2O3S2/c1-23-15-6-8-16(9-7-15)25(21,22)20-11-10-19-17(20)24-12-13-2-4-14(18)5-3-13/h2-9H,10-12H2,1H3. The number of aliphatic imine (C=N–C) groups is 1. The summed E-state index contributed by atoms with van der Waals surface area (Å²) in [5.74, 6) is 1.29. The lowest BCUT2D eigenvalue weighted by molar-refractivity contribution is 0.414. The summed E-state index contributed by atoms with van der Waals surface area (Å²) >= 11 is 4.84. The fourth-order valence-electron chi connectivity index (χ4n) is 2.36. The summed E-state index contributed by atoms with van der Waals surface area (Å²) in [4.78, 5) is 4.61. The summed E-state index contributed by atoms with van der Waals surface area (Å²) in [5.41, 5.74) is 1.12. The number of sulfonamides is 1. The van der Waals surface area contributed by atoms with Gasteiger partial charge >= 0.3 is 0 Å². The lowest BCUT2D eigenvalue weighted by Gasteiger charge is -2.20. The molecule has 5 nitrogen and oxygen atoms in total. The Balaban J connectivity index is 1.74. The molecule has 0 saturated heterocycles. The zero-order valence-corrected chi connectivity index (χ0v) is 16.8. The van der Waals surface area contributed by atoms with Gasteiger partial charge in [0.05, 0.1) is 25.1 Å². The van der Waals surface area contributed by atoms with Crippen molar-refractivity contribution in [3.8, 4) is 5.75 Å². The minimum atomic E-state index is -3.61. The van der Waals surface area contributed by atoms with Crippen LogP contribution >= 0.6 is 27.7 Å². The van der Waals surface area contributed by atoms with E-state index in [1.165, 1.54) is 16.1 Å². The first-order valence-electron chi connectivity index (χ1n) is 7.59. The van der Waals surface area contributed by atoms with Crippen LogP contribution in [0.4, 0.5) is 0 Å². The fourth-order valence-corrected chi connectivity index (χ4v) is 5.30. The highest BCUT2D eigenvalue weighted by molar-refractivity contribution is 9.10. The molecule has 0 aromatic heterocycles. The third-order valence-corrected chi connectivity index (χ3v) is 7.23. The summed E-state index contributed by atoms with van der Waals surface area (Å²) < 4.78 is 33.3. The minimum absolute atomic E-state index is 0.243. The molecular formula is C17H17BrN2O3S2. The molecule has 0 N–H and O–H groups in total. The van der Waals surface area contributed by atoms with Gasteiger partial charge in [0.1, 0.15) is 5.75 Å². The highest BCUT2D eigenvalue weighted by Gasteiger charge is 2.30. The summed E-state index contributed by atoms with van der Waals surface area (Å²) in [7, 11) is -2.06. The van der Waals surface area contributed by atoms with E-state index in [2.05, 4.69) is 20.9 Å². The number of hydrogen-bond acceptors (Lipinski definition) is 5. The van der Waals surface area contributed by atoms with E-state index in [9.17, 15) is 8.42 Å². The van der Waals surface area contributed by atoms with Gasteiger partial charge in [-0.25, -0.2) is 12.7 Å². The fraction of sp³-hybridized carbons (Fsp3) is 0.235. The first kappa shape index (κ1) is 18.3. The number of benzene rings is 2. The van der Waals surface area contributed by atoms with Crippen LogP contribution in [-0.2, 0) is 15.8 Å². The van der Waals surface area contributed by atoms with Gasteiger partial charge in [-0.2, -0.15) is 0 Å². The average Bonchev–Trinajstić information content (AvgIpc) is 3.11. The summed E-state index contributed by atoms with van der Waals surface area (Å²) in [5, 5.41) is 0.540. The summed E-state index contributed by atoms with van der Waals surface area (Å²) in [6.07, 6.45) is 0. The maximum atomic E-state index is 12.9. The molecule has 0 unspecified atom stereocenters. The van der Waals surface area contributed by atoms with Gasteiger partial charge in [-0.3, -0.25) is 4.99 Å². The Kier molecular flexibility index (Phi) is 5.71. The second kappa shape index (κ2) is 7.80. The van der Waals surface area contributed by atoms with Gasteiger partial charge in [0.15, 0.2) is 5.17 Å². The van der Waals surface area contributed by atoms with E-state index in [1.807, 2.05) is 24.3 Å². The molecule has 3 rings (SSSR count). The maximum Gasteiger partial charge on any atom is 0.265 e. The molecular weight excluding hydrogens is 424 g/mol. The molecule has 0 amide bonds. The molecule has 0 radical (unpaired) electrons. The van der Waals surface area contributed by atoms with E-state index in [0.29, 0.717) is 29.8 Å². The first-order valence-corrected chi connectivity index (χ1v) is 10.8. The Morgan fingerprint density at radius 2 is 1.84 bits per heavy atom. The third kappa shape index (κ3) is 4.19. The molecule has 1 aliphatic heterocycles. The van der Waals surface area contributed by atoms with Crippen LogP contribution in [0.3, 0.4) is 0 Å². The van der Waals surface area contributed by atoms with E-state index in [4.69, 9.17) is 4.74 Å². The van der Waals surface area contributed by atoms with E-state index in [0.717, 1.165) is 10.0 Å². The van der Waals surface area contributed by atoms with Gasteiger partial charge in [-0.05, 0) is 42.0 Å². The monoisotopic (exact) mass is 440 g/mol. The number of rotatable bonds is 5. The maximum absolute atomic E-state index is 12.9. The highest BCUT2D eigenvalue weighted by atomic mass is 79.9. The molecule has 8 heteroatoms. The Morgan fingerprint density at radius 3 is 2.48 bits per heavy atom. The van der Waals surface area contributed by atoms with Gasteiger partial charge < -0.3 is 4.74 Å². The van der Waals surface area contributed by atoms with Gasteiger partial charge in [0, 0.05) is 10.2 Å². The quantitative estimate of drug-likeness (QED) is 0.709. The Labute approximate surface area is 160 Å². The SMILES string of the molecule is COc1ccc(S(=O)(=O)N2CCN=C2SCc2ccc(Br)cc2)cc1. The number of thioether (sulfide) groups is 1. The normalized spacial score (nSPS) is 14.5. The average molecular weight is 441 g/mol. The van der Waals surface area contributed by atoms with E-state index in [1.54, 1.807) is 31.4 Å². The number of ether oxygens (including phenoxy) is 1. The molecule has 132 valence electrons. The van der Waals surface area contributed by atoms with Crippen molar-refractivity contribution in [3.05, 3.63) is 58.6 Å². The van der Waals surface area contributed by atoms with Gasteiger partial charge in [-0.15, -0.1) is 0 Å². The smallest absolute Gasteiger partial charge is 0.265 e. The number of nitrogens with zero attached hydrogens (tertiary/aromatic N) is 2. The van der Waals surface area contributed by atoms with Crippen LogP contribution in [0.25, 0.3) is 0 Å². The van der Waals surface area contributed by atoms with E-state index >= 15 is 0 Å². The number of hydrogen-bond donors (Lipinski definition) is 0. The van der Waals surface area contributed by atoms with Crippen LogP contribution in [0.2, 0.25) is 0 Å². The second-order valence-electron chi connectivity index (χ2n) is 5.33. The lowest BCUT2D eigenvalue weighted by Crippen LogP contribution is -2.32. The highest BCUT2D eigenvalue weighted by Crippen LogP contribution is 2.27. The van der Waals surface area contributed by atoms with Crippen molar-refractivity contribution >= 4 is 42.9 Å². The largest absolute Gasteiger partial charge is 0.497 e. The topological polar surface area (TPSA) is 59.0 Å². The second-order valence-corrected chi connectivity index (χ2v) is 9.05. The van der Waals surface area contributed by atoms with Crippen LogP contribution in [0.15, 0.2) is 62.9 Å². The molecule has 0 fully saturated rings. The van der Waals surface area contributed by atoms with Crippen LogP contribution < -0.4 is 4.74 Å². The Hall–Kier alpha value is -1.51. The van der Waals surface area contributed by atoms with Crippen LogP contribution in [-0.4, -0.2) is 38.1 Å². The Bertz CT molecular complexity index is 866. The van der Waals surface area contributed by atoms with E-state index in [-0.39, 0.29) is 4.90 Å². The molecule has 0 spiro atoms. The minimum Gasteiger partial charge on any atom is -0.497 e. The predicted molar refractivity (Wildman–Crippen MR) is 105 cm³/mol. The van der Waals surface area contributed by atoms with Crippen molar-refractivity contribution < 1.29 is 13.2 Å². The molecule has 25 heavy (non-hydrogen) atoms. The van der Waals surface area contributed by atoms with Crippen molar-refractivity contribution in [3.63, 3.8) is 0 Å². The number of methoxy groups -OCH3 is 1. The molecule has 2 aromatic carbocycles. The van der Waals surface area contributed by atoms with Gasteiger partial charge in [0.2, 0.25) is 0 Å². The predicted octanol–water partition coefficient (Wildman–Crippen LogP) is 3.75. The third-order valence-electron chi connectivity index (χ3n) is 3.69.